The number of hydrogen-bond donors (Lipinski definition) is 0. The van der Waals surface area contributed by atoms with Crippen molar-refractivity contribution in [3.8, 4) is 0 Å². The van der Waals surface area contributed by atoms with Crippen LogP contribution >= 0.6 is 11.8 Å². The van der Waals surface area contributed by atoms with Crippen LogP contribution in [0.15, 0.2) is 56.8 Å². The maximum absolute atomic E-state index is 12.0. The maximum atomic E-state index is 12.0. The fourth-order valence-corrected chi connectivity index (χ4v) is 4.34. The largest absolute Gasteiger partial charge is 0.423 e. The molecule has 4 rings (SSSR count). The van der Waals surface area contributed by atoms with Crippen LogP contribution in [-0.4, -0.2) is 23.3 Å². The van der Waals surface area contributed by atoms with E-state index in [1.54, 1.807) is 24.9 Å². The van der Waals surface area contributed by atoms with Gasteiger partial charge in [0.05, 0.1) is 17.6 Å². The molecule has 2 aromatic heterocycles. The molecule has 6 heteroatoms. The summed E-state index contributed by atoms with van der Waals surface area (Å²) in [5, 5.41) is 1.90. The average Bonchev–Trinajstić information content (AvgIpc) is 3.03. The molecule has 0 aliphatic heterocycles. The molecule has 2 aromatic carbocycles. The van der Waals surface area contributed by atoms with Gasteiger partial charge in [-0.15, -0.1) is 0 Å². The molecule has 0 amide bonds. The molecule has 0 saturated carbocycles. The zero-order valence-electron chi connectivity index (χ0n) is 16.2. The van der Waals surface area contributed by atoms with Crippen LogP contribution in [0.3, 0.4) is 0 Å². The summed E-state index contributed by atoms with van der Waals surface area (Å²) in [7, 11) is 1.70. The zero-order chi connectivity index (χ0) is 19.7. The highest BCUT2D eigenvalue weighted by molar-refractivity contribution is 7.98. The summed E-state index contributed by atoms with van der Waals surface area (Å²) in [6, 6.07) is 13.7. The molecule has 0 aliphatic rings. The Bertz CT molecular complexity index is 1210. The van der Waals surface area contributed by atoms with E-state index in [-0.39, 0.29) is 5.63 Å². The first-order valence-corrected chi connectivity index (χ1v) is 10.2. The summed E-state index contributed by atoms with van der Waals surface area (Å²) in [6.45, 7) is 5.44. The number of thioether (sulfide) groups is 1. The Morgan fingerprint density at radius 2 is 1.93 bits per heavy atom. The molecule has 4 aromatic rings. The summed E-state index contributed by atoms with van der Waals surface area (Å²) in [4.78, 5) is 16.8. The minimum absolute atomic E-state index is 0.320. The van der Waals surface area contributed by atoms with Crippen molar-refractivity contribution in [1.29, 1.82) is 0 Å². The van der Waals surface area contributed by atoms with E-state index >= 15 is 0 Å². The van der Waals surface area contributed by atoms with E-state index in [1.165, 1.54) is 5.56 Å². The number of hydrogen-bond acceptors (Lipinski definition) is 5. The molecule has 0 unspecified atom stereocenters. The van der Waals surface area contributed by atoms with Gasteiger partial charge in [-0.2, -0.15) is 0 Å². The highest BCUT2D eigenvalue weighted by Crippen LogP contribution is 2.30. The van der Waals surface area contributed by atoms with Gasteiger partial charge in [-0.25, -0.2) is 9.78 Å². The van der Waals surface area contributed by atoms with Gasteiger partial charge >= 0.3 is 5.63 Å². The molecule has 0 aliphatic carbocycles. The van der Waals surface area contributed by atoms with Crippen LogP contribution in [0.25, 0.3) is 22.0 Å². The molecule has 5 nitrogen and oxygen atoms in total. The first-order valence-electron chi connectivity index (χ1n) is 9.18. The van der Waals surface area contributed by atoms with Crippen molar-refractivity contribution in [3.63, 3.8) is 0 Å². The molecule has 0 bridgehead atoms. The van der Waals surface area contributed by atoms with Gasteiger partial charge in [0.2, 0.25) is 0 Å². The fourth-order valence-electron chi connectivity index (χ4n) is 3.31. The number of para-hydroxylation sites is 2. The Hall–Kier alpha value is -2.57. The second-order valence-corrected chi connectivity index (χ2v) is 7.78. The Labute approximate surface area is 167 Å². The first-order chi connectivity index (χ1) is 13.6. The molecular weight excluding hydrogens is 372 g/mol. The second-order valence-electron chi connectivity index (χ2n) is 6.84. The maximum Gasteiger partial charge on any atom is 0.336 e. The van der Waals surface area contributed by atoms with E-state index in [9.17, 15) is 4.79 Å². The highest BCUT2D eigenvalue weighted by Gasteiger charge is 2.13. The third-order valence-corrected chi connectivity index (χ3v) is 5.97. The van der Waals surface area contributed by atoms with Gasteiger partial charge in [-0.1, -0.05) is 23.9 Å². The number of aryl methyl sites for hydroxylation is 2. The summed E-state index contributed by atoms with van der Waals surface area (Å²) < 4.78 is 12.9. The first kappa shape index (κ1) is 18.8. The lowest BCUT2D eigenvalue weighted by Crippen LogP contribution is -2.06. The van der Waals surface area contributed by atoms with Crippen molar-refractivity contribution < 1.29 is 9.15 Å². The molecule has 0 saturated heterocycles. The number of ether oxygens (including phenoxy) is 1. The van der Waals surface area contributed by atoms with E-state index in [0.29, 0.717) is 17.9 Å². The van der Waals surface area contributed by atoms with Crippen molar-refractivity contribution in [1.82, 2.24) is 9.55 Å². The molecule has 0 spiro atoms. The topological polar surface area (TPSA) is 57.3 Å². The molecular formula is C22H22N2O3S. The Morgan fingerprint density at radius 3 is 2.75 bits per heavy atom. The van der Waals surface area contributed by atoms with Crippen LogP contribution in [-0.2, 0) is 17.0 Å². The van der Waals surface area contributed by atoms with Gasteiger partial charge in [0, 0.05) is 30.9 Å². The lowest BCUT2D eigenvalue weighted by molar-refractivity contribution is 0.186. The van der Waals surface area contributed by atoms with Crippen molar-refractivity contribution in [2.45, 2.75) is 31.3 Å². The number of benzene rings is 2. The smallest absolute Gasteiger partial charge is 0.336 e. The van der Waals surface area contributed by atoms with Gasteiger partial charge in [0.1, 0.15) is 5.58 Å². The summed E-state index contributed by atoms with van der Waals surface area (Å²) in [5.74, 6) is 0.640. The van der Waals surface area contributed by atoms with Crippen molar-refractivity contribution in [2.75, 3.05) is 13.7 Å². The predicted octanol–water partition coefficient (Wildman–Crippen LogP) is 4.70. The average molecular weight is 394 g/mol. The number of methoxy groups -OCH3 is 1. The van der Waals surface area contributed by atoms with Crippen LogP contribution in [0, 0.1) is 13.8 Å². The van der Waals surface area contributed by atoms with E-state index in [4.69, 9.17) is 14.1 Å². The normalized spacial score (nSPS) is 11.5. The molecule has 28 heavy (non-hydrogen) atoms. The van der Waals surface area contributed by atoms with Crippen LogP contribution < -0.4 is 5.63 Å². The third-order valence-electron chi connectivity index (χ3n) is 4.94. The Kier molecular flexibility index (Phi) is 5.24. The van der Waals surface area contributed by atoms with Crippen LogP contribution in [0.1, 0.15) is 16.7 Å². The zero-order valence-corrected chi connectivity index (χ0v) is 17.0. The van der Waals surface area contributed by atoms with Gasteiger partial charge in [0.15, 0.2) is 5.16 Å². The monoisotopic (exact) mass is 394 g/mol. The minimum Gasteiger partial charge on any atom is -0.423 e. The SMILES string of the molecule is COCCn1c(SCc2cc(=O)oc3cc(C)c(C)cc23)nc2ccccc21. The standard InChI is InChI=1S/C22H22N2O3S/c1-14-10-17-16(12-21(25)27-20(17)11-15(14)2)13-28-22-23-18-6-4-5-7-19(18)24(22)8-9-26-3/h4-7,10-12H,8-9,13H2,1-3H3. The molecule has 0 radical (unpaired) electrons. The minimum atomic E-state index is -0.320. The highest BCUT2D eigenvalue weighted by atomic mass is 32.2. The molecule has 0 N–H and O–H groups in total. The molecule has 144 valence electrons. The number of imidazole rings is 1. The van der Waals surface area contributed by atoms with Gasteiger partial charge in [0.25, 0.3) is 0 Å². The van der Waals surface area contributed by atoms with E-state index in [2.05, 4.69) is 23.6 Å². The van der Waals surface area contributed by atoms with Gasteiger partial charge < -0.3 is 13.7 Å². The van der Waals surface area contributed by atoms with Crippen molar-refractivity contribution in [3.05, 3.63) is 69.6 Å². The van der Waals surface area contributed by atoms with E-state index in [0.717, 1.165) is 39.2 Å². The molecule has 0 fully saturated rings. The van der Waals surface area contributed by atoms with Crippen LogP contribution in [0.4, 0.5) is 0 Å². The number of nitrogens with zero attached hydrogens (tertiary/aromatic N) is 2. The van der Waals surface area contributed by atoms with Gasteiger partial charge in [-0.05, 0) is 54.8 Å². The summed E-state index contributed by atoms with van der Waals surface area (Å²) in [5.41, 5.74) is 5.63. The van der Waals surface area contributed by atoms with Gasteiger partial charge in [-0.3, -0.25) is 0 Å². The van der Waals surface area contributed by atoms with E-state index in [1.807, 2.05) is 31.2 Å². The van der Waals surface area contributed by atoms with Crippen molar-refractivity contribution >= 4 is 33.8 Å². The molecule has 2 heterocycles. The predicted molar refractivity (Wildman–Crippen MR) is 113 cm³/mol. The summed E-state index contributed by atoms with van der Waals surface area (Å²) in [6.07, 6.45) is 0. The number of fused-ring (bicyclic) bond motifs is 2. The Balaban J connectivity index is 1.72. The van der Waals surface area contributed by atoms with Crippen LogP contribution in [0.2, 0.25) is 0 Å². The molecule has 0 atom stereocenters. The third kappa shape index (κ3) is 3.57. The number of aromatic nitrogens is 2. The lowest BCUT2D eigenvalue weighted by atomic mass is 10.0. The second kappa shape index (κ2) is 7.81. The van der Waals surface area contributed by atoms with Crippen LogP contribution in [0.5, 0.6) is 0 Å². The quantitative estimate of drug-likeness (QED) is 0.350. The summed E-state index contributed by atoms with van der Waals surface area (Å²) >= 11 is 1.63. The lowest BCUT2D eigenvalue weighted by Gasteiger charge is -2.10. The Morgan fingerprint density at radius 1 is 1.14 bits per heavy atom. The fraction of sp³-hybridized carbons (Fsp3) is 0.273. The van der Waals surface area contributed by atoms with Crippen molar-refractivity contribution in [2.24, 2.45) is 0 Å². The van der Waals surface area contributed by atoms with E-state index < -0.39 is 0 Å². The number of rotatable bonds is 6.